The van der Waals surface area contributed by atoms with Gasteiger partial charge in [-0.1, -0.05) is 30.3 Å². The van der Waals surface area contributed by atoms with E-state index in [0.29, 0.717) is 5.75 Å². The Morgan fingerprint density at radius 2 is 1.62 bits per heavy atom. The standard InChI is InChI=1S/C22H24N2O7S/c1-30-19-10-6-5-9-18(19)21(26)23-20(25)15-31-22(27)16-11-13-24(14-12-16)32(28,29)17-7-3-2-4-8-17/h2-10,16H,11-15H2,1H3,(H,23,25,26). The predicted octanol–water partition coefficient (Wildman–Crippen LogP) is 1.60. The number of hydrogen-bond acceptors (Lipinski definition) is 7. The molecule has 0 saturated carbocycles. The summed E-state index contributed by atoms with van der Waals surface area (Å²) < 4.78 is 36.8. The van der Waals surface area contributed by atoms with E-state index in [1.807, 2.05) is 0 Å². The highest BCUT2D eigenvalue weighted by molar-refractivity contribution is 7.89. The SMILES string of the molecule is COc1ccccc1C(=O)NC(=O)COC(=O)C1CCN(S(=O)(=O)c2ccccc2)CC1. The lowest BCUT2D eigenvalue weighted by Gasteiger charge is -2.30. The number of methoxy groups -OCH3 is 1. The second kappa shape index (κ2) is 10.4. The normalized spacial score (nSPS) is 15.0. The van der Waals surface area contributed by atoms with Crippen LogP contribution >= 0.6 is 0 Å². The zero-order chi connectivity index (χ0) is 23.1. The highest BCUT2D eigenvalue weighted by atomic mass is 32.2. The van der Waals surface area contributed by atoms with Crippen molar-refractivity contribution >= 4 is 27.8 Å². The lowest BCUT2D eigenvalue weighted by Crippen LogP contribution is -2.41. The van der Waals surface area contributed by atoms with Crippen LogP contribution in [0.1, 0.15) is 23.2 Å². The summed E-state index contributed by atoms with van der Waals surface area (Å²) in [4.78, 5) is 36.7. The van der Waals surface area contributed by atoms with Gasteiger partial charge in [0.25, 0.3) is 11.8 Å². The molecule has 10 heteroatoms. The molecule has 1 saturated heterocycles. The molecule has 0 atom stereocenters. The third kappa shape index (κ3) is 5.51. The molecule has 170 valence electrons. The van der Waals surface area contributed by atoms with E-state index in [-0.39, 0.29) is 36.4 Å². The Labute approximate surface area is 186 Å². The van der Waals surface area contributed by atoms with Crippen LogP contribution in [0.25, 0.3) is 0 Å². The lowest BCUT2D eigenvalue weighted by molar-refractivity contribution is -0.153. The monoisotopic (exact) mass is 460 g/mol. The van der Waals surface area contributed by atoms with Gasteiger partial charge in [-0.15, -0.1) is 0 Å². The van der Waals surface area contributed by atoms with Gasteiger partial charge in [0.05, 0.1) is 23.5 Å². The van der Waals surface area contributed by atoms with Gasteiger partial charge in [-0.2, -0.15) is 4.31 Å². The number of piperidine rings is 1. The zero-order valence-electron chi connectivity index (χ0n) is 17.5. The number of amides is 2. The largest absolute Gasteiger partial charge is 0.496 e. The first-order valence-electron chi connectivity index (χ1n) is 10.0. The van der Waals surface area contributed by atoms with Gasteiger partial charge in [-0.3, -0.25) is 19.7 Å². The topological polar surface area (TPSA) is 119 Å². The first kappa shape index (κ1) is 23.4. The Hall–Kier alpha value is -3.24. The first-order valence-corrected chi connectivity index (χ1v) is 11.5. The van der Waals surface area contributed by atoms with Crippen molar-refractivity contribution in [3.63, 3.8) is 0 Å². The Morgan fingerprint density at radius 1 is 1.00 bits per heavy atom. The predicted molar refractivity (Wildman–Crippen MR) is 114 cm³/mol. The Morgan fingerprint density at radius 3 is 2.28 bits per heavy atom. The summed E-state index contributed by atoms with van der Waals surface area (Å²) in [5, 5.41) is 2.15. The zero-order valence-corrected chi connectivity index (χ0v) is 18.3. The number of nitrogens with zero attached hydrogens (tertiary/aromatic N) is 1. The fourth-order valence-corrected chi connectivity index (χ4v) is 4.88. The van der Waals surface area contributed by atoms with E-state index in [1.165, 1.54) is 29.6 Å². The molecule has 9 nitrogen and oxygen atoms in total. The molecule has 2 aromatic rings. The van der Waals surface area contributed by atoms with Gasteiger partial charge in [0.1, 0.15) is 5.75 Å². The number of carbonyl (C=O) groups is 3. The van der Waals surface area contributed by atoms with E-state index < -0.39 is 40.3 Å². The summed E-state index contributed by atoms with van der Waals surface area (Å²) in [6, 6.07) is 14.5. The minimum atomic E-state index is -3.61. The van der Waals surface area contributed by atoms with Crippen LogP contribution in [-0.4, -0.2) is 57.3 Å². The van der Waals surface area contributed by atoms with Crippen molar-refractivity contribution in [2.75, 3.05) is 26.8 Å². The van der Waals surface area contributed by atoms with E-state index in [9.17, 15) is 22.8 Å². The van der Waals surface area contributed by atoms with E-state index in [1.54, 1.807) is 36.4 Å². The maximum absolute atomic E-state index is 12.7. The Kier molecular flexibility index (Phi) is 7.60. The third-order valence-corrected chi connectivity index (χ3v) is 7.03. The molecule has 2 aromatic carbocycles. The first-order chi connectivity index (χ1) is 15.3. The summed E-state index contributed by atoms with van der Waals surface area (Å²) in [5.74, 6) is -2.23. The van der Waals surface area contributed by atoms with Crippen LogP contribution in [0.15, 0.2) is 59.5 Å². The van der Waals surface area contributed by atoms with Crippen LogP contribution < -0.4 is 10.1 Å². The van der Waals surface area contributed by atoms with E-state index >= 15 is 0 Å². The number of nitrogens with one attached hydrogen (secondary N) is 1. The van der Waals surface area contributed by atoms with Gasteiger partial charge in [0.15, 0.2) is 6.61 Å². The Balaban J connectivity index is 1.47. The number of imide groups is 1. The molecule has 32 heavy (non-hydrogen) atoms. The van der Waals surface area contributed by atoms with Crippen molar-refractivity contribution in [2.45, 2.75) is 17.7 Å². The summed E-state index contributed by atoms with van der Waals surface area (Å²) in [6.07, 6.45) is 0.569. The van der Waals surface area contributed by atoms with E-state index in [2.05, 4.69) is 5.32 Å². The molecule has 1 fully saturated rings. The molecule has 0 aliphatic carbocycles. The molecule has 1 N–H and O–H groups in total. The molecular formula is C22H24N2O7S. The maximum Gasteiger partial charge on any atom is 0.309 e. The molecule has 1 aliphatic heterocycles. The lowest BCUT2D eigenvalue weighted by atomic mass is 9.98. The van der Waals surface area contributed by atoms with Crippen LogP contribution in [-0.2, 0) is 24.3 Å². The molecular weight excluding hydrogens is 436 g/mol. The van der Waals surface area contributed by atoms with Gasteiger partial charge in [-0.25, -0.2) is 8.42 Å². The van der Waals surface area contributed by atoms with Crippen molar-refractivity contribution in [1.82, 2.24) is 9.62 Å². The van der Waals surface area contributed by atoms with Crippen LogP contribution in [0.5, 0.6) is 5.75 Å². The van der Waals surface area contributed by atoms with Crippen molar-refractivity contribution in [3.05, 3.63) is 60.2 Å². The summed E-state index contributed by atoms with van der Waals surface area (Å²) in [7, 11) is -2.20. The minimum absolute atomic E-state index is 0.176. The number of sulfonamides is 1. The highest BCUT2D eigenvalue weighted by Crippen LogP contribution is 2.24. The number of esters is 1. The van der Waals surface area contributed by atoms with Crippen LogP contribution in [0.2, 0.25) is 0 Å². The second-order valence-corrected chi connectivity index (χ2v) is 9.11. The van der Waals surface area contributed by atoms with Gasteiger partial charge >= 0.3 is 5.97 Å². The highest BCUT2D eigenvalue weighted by Gasteiger charge is 2.33. The molecule has 1 aliphatic rings. The molecule has 0 spiro atoms. The van der Waals surface area contributed by atoms with Gasteiger partial charge < -0.3 is 9.47 Å². The smallest absolute Gasteiger partial charge is 0.309 e. The third-order valence-electron chi connectivity index (χ3n) is 5.12. The number of benzene rings is 2. The van der Waals surface area contributed by atoms with Crippen molar-refractivity contribution in [1.29, 1.82) is 0 Å². The van der Waals surface area contributed by atoms with Crippen LogP contribution in [0, 0.1) is 5.92 Å². The molecule has 0 radical (unpaired) electrons. The minimum Gasteiger partial charge on any atom is -0.496 e. The number of ether oxygens (including phenoxy) is 2. The fraction of sp³-hybridized carbons (Fsp3) is 0.318. The number of rotatable bonds is 7. The molecule has 0 aromatic heterocycles. The van der Waals surface area contributed by atoms with Crippen LogP contribution in [0.4, 0.5) is 0 Å². The fourth-order valence-electron chi connectivity index (χ4n) is 3.39. The summed E-state index contributed by atoms with van der Waals surface area (Å²) in [5.41, 5.74) is 0.182. The second-order valence-electron chi connectivity index (χ2n) is 7.18. The maximum atomic E-state index is 12.7. The molecule has 2 amide bonds. The quantitative estimate of drug-likeness (QED) is 0.623. The molecule has 0 bridgehead atoms. The Bertz CT molecular complexity index is 1080. The molecule has 3 rings (SSSR count). The van der Waals surface area contributed by atoms with Crippen molar-refractivity contribution in [2.24, 2.45) is 5.92 Å². The van der Waals surface area contributed by atoms with Crippen molar-refractivity contribution < 1.29 is 32.3 Å². The molecule has 1 heterocycles. The number of para-hydroxylation sites is 1. The van der Waals surface area contributed by atoms with Gasteiger partial charge in [0.2, 0.25) is 10.0 Å². The van der Waals surface area contributed by atoms with E-state index in [0.717, 1.165) is 0 Å². The average Bonchev–Trinajstić information content (AvgIpc) is 2.83. The van der Waals surface area contributed by atoms with E-state index in [4.69, 9.17) is 9.47 Å². The van der Waals surface area contributed by atoms with Crippen molar-refractivity contribution in [3.8, 4) is 5.75 Å². The van der Waals surface area contributed by atoms with Gasteiger partial charge in [0, 0.05) is 13.1 Å². The average molecular weight is 461 g/mol. The number of hydrogen-bond donors (Lipinski definition) is 1. The summed E-state index contributed by atoms with van der Waals surface area (Å²) >= 11 is 0. The summed E-state index contributed by atoms with van der Waals surface area (Å²) in [6.45, 7) is -0.257. The van der Waals surface area contributed by atoms with Gasteiger partial charge in [-0.05, 0) is 37.1 Å². The molecule has 0 unspecified atom stereocenters. The number of carbonyl (C=O) groups excluding carboxylic acids is 3. The van der Waals surface area contributed by atoms with Crippen LogP contribution in [0.3, 0.4) is 0 Å².